The van der Waals surface area contributed by atoms with Gasteiger partial charge in [-0.05, 0) is 60.9 Å². The van der Waals surface area contributed by atoms with Gasteiger partial charge in [0.05, 0.1) is 28.2 Å². The molecule has 2 aromatic heterocycles. The van der Waals surface area contributed by atoms with Crippen molar-refractivity contribution in [1.82, 2.24) is 9.97 Å². The van der Waals surface area contributed by atoms with Gasteiger partial charge in [0.1, 0.15) is 5.82 Å². The average molecular weight is 521 g/mol. The normalized spacial score (nSPS) is 15.7. The molecule has 1 fully saturated rings. The Labute approximate surface area is 216 Å². The highest BCUT2D eigenvalue weighted by molar-refractivity contribution is 7.22. The molecule has 0 aliphatic carbocycles. The molecule has 5 rings (SSSR count). The number of nitrogens with zero attached hydrogens (tertiary/aromatic N) is 4. The second kappa shape index (κ2) is 10.3. The molecule has 0 bridgehead atoms. The second-order valence-electron chi connectivity index (χ2n) is 9.06. The summed E-state index contributed by atoms with van der Waals surface area (Å²) >= 11 is 1.38. The third-order valence-electron chi connectivity index (χ3n) is 6.53. The van der Waals surface area contributed by atoms with E-state index in [2.05, 4.69) is 16.0 Å². The molecule has 0 unspecified atom stereocenters. The Bertz CT molecular complexity index is 1440. The summed E-state index contributed by atoms with van der Waals surface area (Å²) in [4.78, 5) is 23.2. The van der Waals surface area contributed by atoms with Gasteiger partial charge in [-0.15, -0.1) is 11.3 Å². The van der Waals surface area contributed by atoms with E-state index in [0.29, 0.717) is 49.1 Å². The maximum absolute atomic E-state index is 13.8. The lowest BCUT2D eigenvalue weighted by Crippen LogP contribution is -2.37. The van der Waals surface area contributed by atoms with Gasteiger partial charge in [0.15, 0.2) is 5.78 Å². The van der Waals surface area contributed by atoms with Crippen molar-refractivity contribution >= 4 is 33.0 Å². The number of halogens is 3. The molecule has 1 aliphatic heterocycles. The summed E-state index contributed by atoms with van der Waals surface area (Å²) in [6.07, 6.45) is -1.79. The van der Waals surface area contributed by atoms with E-state index in [4.69, 9.17) is 5.26 Å². The Morgan fingerprint density at radius 1 is 1.11 bits per heavy atom. The molecule has 5 nitrogen and oxygen atoms in total. The number of alkyl halides is 3. The monoisotopic (exact) mass is 520 g/mol. The number of Topliss-reactive ketones (excluding diaryl/α,β-unsaturated/α-hetero) is 1. The number of aromatic nitrogens is 2. The van der Waals surface area contributed by atoms with Crippen LogP contribution >= 0.6 is 11.3 Å². The fourth-order valence-corrected chi connectivity index (χ4v) is 5.72. The van der Waals surface area contributed by atoms with Gasteiger partial charge < -0.3 is 4.90 Å². The molecular weight excluding hydrogens is 497 g/mol. The number of carbonyl (C=O) groups is 1. The predicted molar refractivity (Wildman–Crippen MR) is 137 cm³/mol. The van der Waals surface area contributed by atoms with Crippen LogP contribution in [0.15, 0.2) is 60.7 Å². The molecule has 0 saturated carbocycles. The van der Waals surface area contributed by atoms with Gasteiger partial charge in [-0.2, -0.15) is 18.4 Å². The highest BCUT2D eigenvalue weighted by atomic mass is 32.1. The number of thiophene rings is 1. The van der Waals surface area contributed by atoms with Crippen LogP contribution in [0, 0.1) is 11.3 Å². The molecule has 37 heavy (non-hydrogen) atoms. The summed E-state index contributed by atoms with van der Waals surface area (Å²) in [6.45, 7) is 0.464. The van der Waals surface area contributed by atoms with E-state index in [-0.39, 0.29) is 17.3 Å². The minimum atomic E-state index is -4.71. The number of hydrogen-bond acceptors (Lipinski definition) is 6. The Kier molecular flexibility index (Phi) is 6.94. The van der Waals surface area contributed by atoms with Gasteiger partial charge in [0.25, 0.3) is 0 Å². The van der Waals surface area contributed by atoms with Crippen molar-refractivity contribution in [3.8, 4) is 16.6 Å². The fourth-order valence-electron chi connectivity index (χ4n) is 4.70. The van der Waals surface area contributed by atoms with E-state index in [9.17, 15) is 18.0 Å². The number of fused-ring (bicyclic) bond motifs is 1. The van der Waals surface area contributed by atoms with Gasteiger partial charge in [-0.1, -0.05) is 30.3 Å². The number of benzene rings is 2. The fraction of sp³-hybridized carbons (Fsp3) is 0.286. The average Bonchev–Trinajstić information content (AvgIpc) is 3.56. The molecule has 3 heterocycles. The van der Waals surface area contributed by atoms with Crippen LogP contribution in [0.1, 0.15) is 42.6 Å². The molecule has 4 aromatic rings. The molecule has 9 heteroatoms. The topological polar surface area (TPSA) is 69.9 Å². The van der Waals surface area contributed by atoms with Gasteiger partial charge in [0, 0.05) is 23.7 Å². The third kappa shape index (κ3) is 5.49. The maximum Gasteiger partial charge on any atom is 0.451 e. The van der Waals surface area contributed by atoms with E-state index in [0.717, 1.165) is 15.6 Å². The number of carbonyl (C=O) groups excluding carboxylic acids is 1. The van der Waals surface area contributed by atoms with Crippen LogP contribution in [-0.2, 0) is 17.4 Å². The minimum absolute atomic E-state index is 0.00160. The number of anilines is 1. The van der Waals surface area contributed by atoms with Crippen molar-refractivity contribution in [3.63, 3.8) is 0 Å². The summed E-state index contributed by atoms with van der Waals surface area (Å²) < 4.78 is 42.2. The molecule has 1 saturated heterocycles. The third-order valence-corrected chi connectivity index (χ3v) is 7.67. The van der Waals surface area contributed by atoms with Gasteiger partial charge in [0.2, 0.25) is 5.82 Å². The smallest absolute Gasteiger partial charge is 0.346 e. The lowest BCUT2D eigenvalue weighted by atomic mass is 10.0. The van der Waals surface area contributed by atoms with Crippen LogP contribution < -0.4 is 4.90 Å². The first-order valence-corrected chi connectivity index (χ1v) is 12.9. The van der Waals surface area contributed by atoms with E-state index in [1.54, 1.807) is 23.1 Å². The summed E-state index contributed by atoms with van der Waals surface area (Å²) in [5.41, 5.74) is 1.82. The molecule has 0 N–H and O–H groups in total. The van der Waals surface area contributed by atoms with Crippen molar-refractivity contribution < 1.29 is 18.0 Å². The quantitative estimate of drug-likeness (QED) is 0.268. The lowest BCUT2D eigenvalue weighted by molar-refractivity contribution is -0.144. The van der Waals surface area contributed by atoms with E-state index >= 15 is 0 Å². The minimum Gasteiger partial charge on any atom is -0.346 e. The maximum atomic E-state index is 13.8. The first-order chi connectivity index (χ1) is 17.8. The molecule has 0 radical (unpaired) electrons. The molecule has 2 aromatic carbocycles. The zero-order valence-electron chi connectivity index (χ0n) is 19.8. The number of aryl methyl sites for hydroxylation is 1. The van der Waals surface area contributed by atoms with E-state index < -0.39 is 18.0 Å². The van der Waals surface area contributed by atoms with Crippen molar-refractivity contribution in [2.24, 2.45) is 0 Å². The zero-order valence-corrected chi connectivity index (χ0v) is 20.6. The van der Waals surface area contributed by atoms with Crippen LogP contribution in [0.3, 0.4) is 0 Å². The molecular formula is C28H23F3N4OS. The van der Waals surface area contributed by atoms with Gasteiger partial charge in [-0.3, -0.25) is 4.79 Å². The molecule has 0 spiro atoms. The van der Waals surface area contributed by atoms with E-state index in [1.165, 1.54) is 11.3 Å². The van der Waals surface area contributed by atoms with Crippen molar-refractivity contribution in [2.75, 3.05) is 11.4 Å². The number of rotatable bonds is 7. The molecule has 1 atom stereocenters. The van der Waals surface area contributed by atoms with Crippen LogP contribution in [0.5, 0.6) is 0 Å². The van der Waals surface area contributed by atoms with Crippen LogP contribution in [-0.4, -0.2) is 28.3 Å². The highest BCUT2D eigenvalue weighted by Gasteiger charge is 2.38. The summed E-state index contributed by atoms with van der Waals surface area (Å²) in [5, 5.41) is 9.86. The van der Waals surface area contributed by atoms with Gasteiger partial charge in [-0.25, -0.2) is 9.97 Å². The molecule has 1 aliphatic rings. The van der Waals surface area contributed by atoms with Crippen molar-refractivity contribution in [2.45, 2.75) is 44.3 Å². The predicted octanol–water partition coefficient (Wildman–Crippen LogP) is 6.81. The summed E-state index contributed by atoms with van der Waals surface area (Å²) in [7, 11) is 0. The van der Waals surface area contributed by atoms with Gasteiger partial charge >= 0.3 is 6.18 Å². The van der Waals surface area contributed by atoms with Crippen molar-refractivity contribution in [1.29, 1.82) is 5.26 Å². The van der Waals surface area contributed by atoms with Crippen LogP contribution in [0.25, 0.3) is 20.7 Å². The SMILES string of the molecule is N#Cc1ccc(CCCC(=O)[C@@H]2CCCN2c2cc(-c3cc4ccccc4s3)nc(C(F)(F)F)n2)cc1. The van der Waals surface area contributed by atoms with E-state index in [1.807, 2.05) is 42.5 Å². The highest BCUT2D eigenvalue weighted by Crippen LogP contribution is 2.37. The first-order valence-electron chi connectivity index (χ1n) is 12.1. The molecule has 0 amide bonds. The lowest BCUT2D eigenvalue weighted by Gasteiger charge is -2.25. The Hall–Kier alpha value is -3.77. The molecule has 188 valence electrons. The Balaban J connectivity index is 1.37. The van der Waals surface area contributed by atoms with Crippen LogP contribution in [0.2, 0.25) is 0 Å². The first kappa shape index (κ1) is 24.9. The zero-order chi connectivity index (χ0) is 26.0. The summed E-state index contributed by atoms with van der Waals surface area (Å²) in [6, 6.07) is 19.8. The number of hydrogen-bond donors (Lipinski definition) is 0. The number of nitriles is 1. The largest absolute Gasteiger partial charge is 0.451 e. The number of ketones is 1. The Morgan fingerprint density at radius 2 is 1.89 bits per heavy atom. The standard InChI is InChI=1S/C28H23F3N4OS/c29-28(30,31)27-33-21(25-15-20-6-1-2-9-24(20)37-25)16-26(34-27)35-14-4-7-22(35)23(36)8-3-5-18-10-12-19(17-32)13-11-18/h1-2,6,9-13,15-16,22H,3-5,7-8,14H2/t22-/m0/s1. The van der Waals surface area contributed by atoms with Crippen LogP contribution in [0.4, 0.5) is 19.0 Å². The second-order valence-corrected chi connectivity index (χ2v) is 10.1. The Morgan fingerprint density at radius 3 is 2.62 bits per heavy atom. The van der Waals surface area contributed by atoms with Crippen molar-refractivity contribution in [3.05, 3.63) is 77.6 Å². The summed E-state index contributed by atoms with van der Waals surface area (Å²) in [5.74, 6) is -1.06.